The first-order valence-corrected chi connectivity index (χ1v) is 15.3. The van der Waals surface area contributed by atoms with Gasteiger partial charge in [0.2, 0.25) is 0 Å². The summed E-state index contributed by atoms with van der Waals surface area (Å²) in [7, 11) is 0. The van der Waals surface area contributed by atoms with Gasteiger partial charge in [-0.25, -0.2) is 12.2 Å². The van der Waals surface area contributed by atoms with Crippen LogP contribution < -0.4 is 12.4 Å². The molecule has 2 heteroatoms. The van der Waals surface area contributed by atoms with E-state index >= 15 is 0 Å². The van der Waals surface area contributed by atoms with E-state index in [1.807, 2.05) is 12.2 Å². The van der Waals surface area contributed by atoms with Crippen molar-refractivity contribution >= 4 is 24.8 Å². The third-order valence-corrected chi connectivity index (χ3v) is 8.57. The van der Waals surface area contributed by atoms with Crippen LogP contribution in [0.5, 0.6) is 0 Å². The topological polar surface area (TPSA) is 0 Å². The molecule has 0 N–H and O–H groups in total. The number of fused-ring (bicyclic) bond motifs is 3. The molecule has 1 aliphatic carbocycles. The third-order valence-electron chi connectivity index (χ3n) is 7.15. The molecule has 0 bridgehead atoms. The number of allylic oxidation sites excluding steroid dienone is 4. The number of hydrogen-bond acceptors (Lipinski definition) is 0. The second kappa shape index (κ2) is 14.4. The summed E-state index contributed by atoms with van der Waals surface area (Å²) in [6.45, 7) is 13.6. The fraction of sp³-hybridized carbons (Fsp3) is 0.231. The molecule has 0 heterocycles. The van der Waals surface area contributed by atoms with Crippen LogP contribution in [0.1, 0.15) is 70.2 Å². The van der Waals surface area contributed by atoms with Gasteiger partial charge < -0.3 is 12.4 Å². The number of benzene rings is 4. The number of rotatable bonds is 2. The van der Waals surface area contributed by atoms with Crippen molar-refractivity contribution in [2.45, 2.75) is 58.8 Å². The van der Waals surface area contributed by atoms with Crippen molar-refractivity contribution in [1.29, 1.82) is 0 Å². The van der Waals surface area contributed by atoms with Gasteiger partial charge >= 0.3 is 99.2 Å². The average Bonchev–Trinajstić information content (AvgIpc) is 3.64. The summed E-state index contributed by atoms with van der Waals surface area (Å²) < 4.78 is 1.42. The Bertz CT molecular complexity index is 1500. The molecule has 5 aromatic rings. The monoisotopic (exact) mass is 633 g/mol. The Morgan fingerprint density at radius 3 is 1.41 bits per heavy atom. The van der Waals surface area contributed by atoms with E-state index in [0.29, 0.717) is 0 Å². The quantitative estimate of drug-likeness (QED) is 0.177. The van der Waals surface area contributed by atoms with Crippen molar-refractivity contribution in [3.63, 3.8) is 0 Å². The molecule has 0 saturated carbocycles. The van der Waals surface area contributed by atoms with E-state index in [1.54, 1.807) is 0 Å². The molecule has 1 aliphatic rings. The maximum absolute atomic E-state index is 2.99. The summed E-state index contributed by atoms with van der Waals surface area (Å²) in [6.07, 6.45) is 10.0. The van der Waals surface area contributed by atoms with Crippen molar-refractivity contribution < 1.29 is 36.6 Å². The molecule has 0 aliphatic heterocycles. The number of hydrogen-bond donors (Lipinski definition) is 0. The van der Waals surface area contributed by atoms with Gasteiger partial charge in [-0.05, 0) is 10.8 Å². The summed E-state index contributed by atoms with van der Waals surface area (Å²) in [6, 6.07) is 37.3. The molecule has 0 aromatic heterocycles. The van der Waals surface area contributed by atoms with Gasteiger partial charge in [0.25, 0.3) is 0 Å². The molecule has 0 fully saturated rings. The van der Waals surface area contributed by atoms with Crippen LogP contribution in [0.25, 0.3) is 21.5 Å². The van der Waals surface area contributed by atoms with Crippen molar-refractivity contribution in [3.05, 3.63) is 150 Å². The van der Waals surface area contributed by atoms with E-state index in [-0.39, 0.29) is 23.2 Å². The summed E-state index contributed by atoms with van der Waals surface area (Å²) in [5.74, 6) is 0. The molecule has 0 spiro atoms. The minimum absolute atomic E-state index is 0. The van der Waals surface area contributed by atoms with Crippen LogP contribution in [0, 0.1) is 6.08 Å². The first-order valence-electron chi connectivity index (χ1n) is 14.1. The molecular weight excluding hydrogens is 595 g/mol. The zero-order valence-electron chi connectivity index (χ0n) is 25.1. The average molecular weight is 635 g/mol. The standard InChI is InChI=1S/C21H25.C13H10.C5H5.ClH.Zr/c1-20(2,3)16-7-9-18-14(12-16)11-15-13-17(21(4,5)6)8-10-19(15)18;1-3-7-12(8-4-1)11-13-9-5-2-6-10-13;1-2-4-5-3-1;;/h7-13H,1-6H3;1-10H;1-3H,4H2;1H;/q-1;;-1;;+2/p-1. The van der Waals surface area contributed by atoms with Gasteiger partial charge in [-0.15, -0.1) is 46.2 Å². The molecule has 208 valence electrons. The molecule has 6 rings (SSSR count). The normalized spacial score (nSPS) is 12.3. The Hall–Kier alpha value is -2.73. The SMILES string of the molecule is CC(C)(C)c1ccc2c(c1)[cH-]c1cc(C(C)(C)C)ccc12.[C-]1=CC=CC1.[Cl-].[Zr+2]=[C](c1ccccc1)c1ccccc1. The van der Waals surface area contributed by atoms with E-state index in [1.165, 1.54) is 71.2 Å². The minimum atomic E-state index is 0. The van der Waals surface area contributed by atoms with Gasteiger partial charge in [0.15, 0.2) is 0 Å². The molecule has 0 atom stereocenters. The Kier molecular flexibility index (Phi) is 11.5. The van der Waals surface area contributed by atoms with E-state index in [2.05, 4.69) is 157 Å². The van der Waals surface area contributed by atoms with Crippen LogP contribution in [0.4, 0.5) is 0 Å². The molecule has 0 unspecified atom stereocenters. The van der Waals surface area contributed by atoms with Crippen molar-refractivity contribution in [1.82, 2.24) is 0 Å². The molecule has 0 nitrogen and oxygen atoms in total. The van der Waals surface area contributed by atoms with Gasteiger partial charge in [0, 0.05) is 0 Å². The third kappa shape index (κ3) is 8.88. The predicted octanol–water partition coefficient (Wildman–Crippen LogP) is 7.42. The molecule has 5 aromatic carbocycles. The van der Waals surface area contributed by atoms with Crippen LogP contribution in [-0.4, -0.2) is 3.21 Å². The molecule has 0 saturated heterocycles. The Morgan fingerprint density at radius 1 is 0.659 bits per heavy atom. The molecule has 41 heavy (non-hydrogen) atoms. The van der Waals surface area contributed by atoms with Crippen molar-refractivity contribution in [2.24, 2.45) is 0 Å². The van der Waals surface area contributed by atoms with Gasteiger partial charge in [-0.2, -0.15) is 6.08 Å². The predicted molar refractivity (Wildman–Crippen MR) is 172 cm³/mol. The Labute approximate surface area is 268 Å². The maximum atomic E-state index is 2.99. The summed E-state index contributed by atoms with van der Waals surface area (Å²) in [5.41, 5.74) is 5.87. The molecule has 0 amide bonds. The van der Waals surface area contributed by atoms with Crippen LogP contribution in [0.15, 0.2) is 121 Å². The first-order chi connectivity index (χ1) is 19.0. The van der Waals surface area contributed by atoms with E-state index in [0.717, 1.165) is 6.42 Å². The fourth-order valence-electron chi connectivity index (χ4n) is 4.67. The van der Waals surface area contributed by atoms with Gasteiger partial charge in [-0.1, -0.05) is 76.9 Å². The zero-order chi connectivity index (χ0) is 28.8. The van der Waals surface area contributed by atoms with Crippen molar-refractivity contribution in [3.8, 4) is 0 Å². The molecular formula is C39H40ClZr-. The first kappa shape index (κ1) is 32.8. The second-order valence-corrected chi connectivity index (χ2v) is 13.6. The van der Waals surface area contributed by atoms with Gasteiger partial charge in [0.05, 0.1) is 0 Å². The van der Waals surface area contributed by atoms with Gasteiger partial charge in [0.1, 0.15) is 0 Å². The van der Waals surface area contributed by atoms with Gasteiger partial charge in [-0.3, -0.25) is 6.08 Å². The van der Waals surface area contributed by atoms with E-state index in [4.69, 9.17) is 0 Å². The van der Waals surface area contributed by atoms with Crippen LogP contribution >= 0.6 is 0 Å². The van der Waals surface area contributed by atoms with E-state index in [9.17, 15) is 0 Å². The summed E-state index contributed by atoms with van der Waals surface area (Å²) in [4.78, 5) is 0. The van der Waals surface area contributed by atoms with Crippen LogP contribution in [-0.2, 0) is 35.1 Å². The van der Waals surface area contributed by atoms with E-state index < -0.39 is 0 Å². The summed E-state index contributed by atoms with van der Waals surface area (Å²) >= 11 is 1.46. The van der Waals surface area contributed by atoms with Crippen molar-refractivity contribution in [2.75, 3.05) is 0 Å². The van der Waals surface area contributed by atoms with Crippen LogP contribution in [0.3, 0.4) is 0 Å². The zero-order valence-corrected chi connectivity index (χ0v) is 28.3. The fourth-order valence-corrected chi connectivity index (χ4v) is 5.49. The Morgan fingerprint density at radius 2 is 1.10 bits per heavy atom. The second-order valence-electron chi connectivity index (χ2n) is 12.4. The summed E-state index contributed by atoms with van der Waals surface area (Å²) in [5, 5.41) is 5.48. The molecule has 0 radical (unpaired) electrons. The Balaban J connectivity index is 0.000000198. The van der Waals surface area contributed by atoms with Crippen LogP contribution in [0.2, 0.25) is 0 Å². The number of halogens is 1.